The summed E-state index contributed by atoms with van der Waals surface area (Å²) in [7, 11) is 4.60. The fraction of sp³-hybridized carbons (Fsp3) is 1.00. The molecule has 1 aliphatic heterocycles. The van der Waals surface area contributed by atoms with Gasteiger partial charge in [0.2, 0.25) is 0 Å². The summed E-state index contributed by atoms with van der Waals surface area (Å²) in [5, 5.41) is 0. The third kappa shape index (κ3) is 3.66. The van der Waals surface area contributed by atoms with E-state index < -0.39 is 32.7 Å². The van der Waals surface area contributed by atoms with E-state index in [9.17, 15) is 4.39 Å². The van der Waals surface area contributed by atoms with E-state index in [0.29, 0.717) is 12.1 Å². The van der Waals surface area contributed by atoms with Crippen molar-refractivity contribution in [2.24, 2.45) is 0 Å². The Kier molecular flexibility index (Phi) is 5.43. The topological polar surface area (TPSA) is 21.7 Å². The molecule has 0 spiro atoms. The van der Waals surface area contributed by atoms with Crippen LogP contribution in [0.3, 0.4) is 0 Å². The number of ether oxygens (including phenoxy) is 1. The Morgan fingerprint density at radius 1 is 1.39 bits per heavy atom. The first-order valence-corrected chi connectivity index (χ1v) is 7.98. The van der Waals surface area contributed by atoms with Gasteiger partial charge >= 0.3 is 0 Å². The average Bonchev–Trinajstić information content (AvgIpc) is 2.55. The minimum absolute atomic E-state index is 0.0364. The molecule has 1 aliphatic rings. The lowest BCUT2D eigenvalue weighted by molar-refractivity contribution is 0.0554. The van der Waals surface area contributed by atoms with Crippen LogP contribution in [0.4, 0.5) is 4.39 Å². The minimum atomic E-state index is -1.36. The monoisotopic (exact) mass is 276 g/mol. The average molecular weight is 276 g/mol. The van der Waals surface area contributed by atoms with Gasteiger partial charge in [-0.05, 0) is 41.3 Å². The molecule has 1 unspecified atom stereocenters. The van der Waals surface area contributed by atoms with Gasteiger partial charge in [-0.2, -0.15) is 0 Å². The fourth-order valence-corrected chi connectivity index (χ4v) is 4.36. The summed E-state index contributed by atoms with van der Waals surface area (Å²) in [5.74, 6) is 0. The summed E-state index contributed by atoms with van der Waals surface area (Å²) in [4.78, 5) is 0. The van der Waals surface area contributed by atoms with E-state index >= 15 is 0 Å². The molecular weight excluding hydrogens is 251 g/mol. The lowest BCUT2D eigenvalue weighted by Gasteiger charge is -2.37. The van der Waals surface area contributed by atoms with E-state index in [4.69, 9.17) is 18.5 Å². The van der Waals surface area contributed by atoms with E-state index in [2.05, 4.69) is 32.4 Å². The van der Waals surface area contributed by atoms with E-state index in [1.165, 1.54) is 0 Å². The lowest BCUT2D eigenvalue weighted by Crippen LogP contribution is -2.36. The van der Waals surface area contributed by atoms with Crippen LogP contribution in [0.1, 0.15) is 36.0 Å². The molecule has 0 saturated carbocycles. The van der Waals surface area contributed by atoms with Gasteiger partial charge in [-0.1, -0.05) is 0 Å². The molecular formula is C12H24BFNO2P. The maximum Gasteiger partial charge on any atom is 0.146 e. The van der Waals surface area contributed by atoms with Crippen LogP contribution < -0.4 is 0 Å². The van der Waals surface area contributed by atoms with Crippen LogP contribution in [0, 0.1) is 0 Å². The number of nitrogens with zero attached hydrogens (tertiary/aromatic N) is 1. The number of alkyl halides is 1. The minimum Gasteiger partial charge on any atom is -0.379 e. The van der Waals surface area contributed by atoms with Crippen molar-refractivity contribution in [1.29, 1.82) is 0 Å². The van der Waals surface area contributed by atoms with Gasteiger partial charge in [0.25, 0.3) is 0 Å². The summed E-state index contributed by atoms with van der Waals surface area (Å²) < 4.78 is 34.7. The summed E-state index contributed by atoms with van der Waals surface area (Å²) >= 11 is 0. The zero-order valence-electron chi connectivity index (χ0n) is 12.8. The summed E-state index contributed by atoms with van der Waals surface area (Å²) in [6.07, 6.45) is -2.67. The first kappa shape index (κ1) is 14.7. The Morgan fingerprint density at radius 3 is 2.39 bits per heavy atom. The number of hydrogen-bond donors (Lipinski definition) is 0. The highest BCUT2D eigenvalue weighted by atomic mass is 31.2. The third-order valence-electron chi connectivity index (χ3n) is 2.98. The van der Waals surface area contributed by atoms with Crippen LogP contribution in [0.15, 0.2) is 0 Å². The van der Waals surface area contributed by atoms with Crippen LogP contribution in [-0.2, 0) is 9.26 Å². The van der Waals surface area contributed by atoms with Gasteiger partial charge in [-0.15, -0.1) is 0 Å². The summed E-state index contributed by atoms with van der Waals surface area (Å²) in [5.41, 5.74) is 0. The molecule has 0 aliphatic carbocycles. The Labute approximate surface area is 114 Å². The first-order chi connectivity index (χ1) is 8.79. The van der Waals surface area contributed by atoms with Gasteiger partial charge in [-0.3, -0.25) is 4.67 Å². The Balaban J connectivity index is 2.71. The van der Waals surface area contributed by atoms with E-state index in [1.54, 1.807) is 0 Å². The van der Waals surface area contributed by atoms with Crippen LogP contribution in [0.5, 0.6) is 0 Å². The number of halogens is 1. The van der Waals surface area contributed by atoms with Crippen molar-refractivity contribution in [2.45, 2.75) is 71.1 Å². The summed E-state index contributed by atoms with van der Waals surface area (Å²) in [6.45, 7) is 10.3. The Hall–Kier alpha value is 0.305. The standard InChI is InChI=1S/C12H24BFNO2P/c1-7(2)15(8(3)4)18(6)17-11-9(5)16-12(13)10(11)14/h7-12H,1-6H3/t9-,10+,11-,12-,18?/m1/s1/i5D. The third-order valence-corrected chi connectivity index (χ3v) is 5.11. The molecule has 3 nitrogen and oxygen atoms in total. The predicted molar refractivity (Wildman–Crippen MR) is 74.8 cm³/mol. The van der Waals surface area contributed by atoms with E-state index in [1.807, 2.05) is 6.66 Å². The molecule has 1 rings (SSSR count). The van der Waals surface area contributed by atoms with Gasteiger partial charge < -0.3 is 9.26 Å². The van der Waals surface area contributed by atoms with Crippen molar-refractivity contribution in [3.05, 3.63) is 0 Å². The zero-order chi connectivity index (χ0) is 14.7. The smallest absolute Gasteiger partial charge is 0.146 e. The van der Waals surface area contributed by atoms with Gasteiger partial charge in [0.1, 0.15) is 28.4 Å². The molecule has 0 aromatic rings. The second-order valence-electron chi connectivity index (χ2n) is 5.19. The van der Waals surface area contributed by atoms with Gasteiger partial charge in [-0.25, -0.2) is 4.39 Å². The SMILES string of the molecule is [2H]C[C@H]1O[C@@H]([B])[C@@H](F)[C@@H]1OP(C)N(C(C)C)C(C)C. The second-order valence-corrected chi connectivity index (χ2v) is 6.79. The second kappa shape index (κ2) is 6.65. The quantitative estimate of drug-likeness (QED) is 0.569. The molecule has 1 saturated heterocycles. The molecule has 0 aromatic carbocycles. The van der Waals surface area contributed by atoms with Gasteiger partial charge in [0, 0.05) is 13.5 Å². The predicted octanol–water partition coefficient (Wildman–Crippen LogP) is 2.68. The van der Waals surface area contributed by atoms with Crippen LogP contribution in [0.2, 0.25) is 0 Å². The highest BCUT2D eigenvalue weighted by Crippen LogP contribution is 2.45. The molecule has 5 atom stereocenters. The zero-order valence-corrected chi connectivity index (χ0v) is 12.7. The van der Waals surface area contributed by atoms with Crippen molar-refractivity contribution in [3.8, 4) is 0 Å². The van der Waals surface area contributed by atoms with Crippen LogP contribution in [0.25, 0.3) is 0 Å². The molecule has 0 amide bonds. The van der Waals surface area contributed by atoms with E-state index in [-0.39, 0.29) is 6.90 Å². The largest absolute Gasteiger partial charge is 0.379 e. The molecule has 1 fully saturated rings. The fourth-order valence-electron chi connectivity index (χ4n) is 2.35. The molecule has 18 heavy (non-hydrogen) atoms. The maximum atomic E-state index is 14.0. The van der Waals surface area contributed by atoms with Gasteiger partial charge in [0.15, 0.2) is 0 Å². The highest BCUT2D eigenvalue weighted by Gasteiger charge is 2.42. The molecule has 104 valence electrons. The summed E-state index contributed by atoms with van der Waals surface area (Å²) in [6, 6.07) is -0.338. The van der Waals surface area contributed by atoms with Crippen molar-refractivity contribution >= 4 is 16.1 Å². The van der Waals surface area contributed by atoms with E-state index in [0.717, 1.165) is 0 Å². The number of rotatable bonds is 5. The maximum absolute atomic E-state index is 14.0. The highest BCUT2D eigenvalue weighted by molar-refractivity contribution is 7.49. The molecule has 6 heteroatoms. The lowest BCUT2D eigenvalue weighted by atomic mass is 9.94. The van der Waals surface area contributed by atoms with Crippen molar-refractivity contribution < 1.29 is 15.0 Å². The molecule has 1 heterocycles. The molecule has 2 radical (unpaired) electrons. The van der Waals surface area contributed by atoms with Crippen LogP contribution >= 0.6 is 8.30 Å². The molecule has 0 bridgehead atoms. The van der Waals surface area contributed by atoms with Crippen molar-refractivity contribution in [1.82, 2.24) is 4.67 Å². The molecule has 0 N–H and O–H groups in total. The molecule has 0 aromatic heterocycles. The Morgan fingerprint density at radius 2 is 1.94 bits per heavy atom. The Bertz CT molecular complexity index is 280. The van der Waals surface area contributed by atoms with Crippen LogP contribution in [-0.4, -0.2) is 55.6 Å². The van der Waals surface area contributed by atoms with Crippen molar-refractivity contribution in [3.63, 3.8) is 0 Å². The first-order valence-electron chi connectivity index (χ1n) is 7.03. The number of hydrogen-bond acceptors (Lipinski definition) is 3. The normalized spacial score (nSPS) is 35.5. The van der Waals surface area contributed by atoms with Gasteiger partial charge in [0.05, 0.1) is 12.1 Å². The van der Waals surface area contributed by atoms with Crippen molar-refractivity contribution in [2.75, 3.05) is 6.66 Å².